The van der Waals surface area contributed by atoms with Crippen molar-refractivity contribution in [1.82, 2.24) is 5.48 Å². The molecule has 0 heterocycles. The molecule has 1 aromatic rings. The highest BCUT2D eigenvalue weighted by molar-refractivity contribution is 5.71. The molecule has 1 rings (SSSR count). The molecule has 0 aliphatic carbocycles. The molecule has 4 heteroatoms. The summed E-state index contributed by atoms with van der Waals surface area (Å²) in [6.45, 7) is 2.01. The normalized spacial score (nSPS) is 10.1. The maximum Gasteiger partial charge on any atom is 0.240 e. The predicted molar refractivity (Wildman–Crippen MR) is 70.3 cm³/mol. The first kappa shape index (κ1) is 14.5. The number of amides is 1. The Kier molecular flexibility index (Phi) is 6.87. The van der Waals surface area contributed by atoms with E-state index in [1.54, 1.807) is 7.11 Å². The Morgan fingerprint density at radius 2 is 1.89 bits per heavy atom. The van der Waals surface area contributed by atoms with Gasteiger partial charge >= 0.3 is 0 Å². The van der Waals surface area contributed by atoms with Crippen LogP contribution in [0.5, 0.6) is 5.75 Å². The zero-order chi connectivity index (χ0) is 13.2. The van der Waals surface area contributed by atoms with Gasteiger partial charge in [0, 0.05) is 6.92 Å². The Bertz CT molecular complexity index is 349. The van der Waals surface area contributed by atoms with Gasteiger partial charge in [0.15, 0.2) is 0 Å². The van der Waals surface area contributed by atoms with Gasteiger partial charge in [-0.2, -0.15) is 0 Å². The summed E-state index contributed by atoms with van der Waals surface area (Å²) in [4.78, 5) is 15.5. The lowest BCUT2D eigenvalue weighted by Gasteiger charge is -2.04. The van der Waals surface area contributed by atoms with Crippen LogP contribution in [0.2, 0.25) is 0 Å². The lowest BCUT2D eigenvalue weighted by molar-refractivity contribution is -0.131. The number of hydroxylamine groups is 1. The fraction of sp³-hybridized carbons (Fsp3) is 0.500. The SMILES string of the molecule is COc1ccc(CCCCCONC(C)=O)cc1. The van der Waals surface area contributed by atoms with Crippen molar-refractivity contribution in [3.8, 4) is 5.75 Å². The number of unbranched alkanes of at least 4 members (excludes halogenated alkanes) is 2. The second-order valence-corrected chi connectivity index (χ2v) is 4.17. The third-order valence-corrected chi connectivity index (χ3v) is 2.59. The Balaban J connectivity index is 2.05. The molecule has 0 atom stereocenters. The number of carbonyl (C=O) groups excluding carboxylic acids is 1. The molecule has 0 radical (unpaired) electrons. The van der Waals surface area contributed by atoms with Crippen LogP contribution in [0.25, 0.3) is 0 Å². The molecule has 100 valence electrons. The van der Waals surface area contributed by atoms with E-state index < -0.39 is 0 Å². The van der Waals surface area contributed by atoms with E-state index in [9.17, 15) is 4.79 Å². The van der Waals surface area contributed by atoms with E-state index in [1.807, 2.05) is 12.1 Å². The van der Waals surface area contributed by atoms with Crippen molar-refractivity contribution in [2.24, 2.45) is 0 Å². The first-order valence-electron chi connectivity index (χ1n) is 6.23. The van der Waals surface area contributed by atoms with Crippen LogP contribution in [-0.4, -0.2) is 19.6 Å². The van der Waals surface area contributed by atoms with Gasteiger partial charge in [-0.15, -0.1) is 0 Å². The zero-order valence-corrected chi connectivity index (χ0v) is 11.1. The summed E-state index contributed by atoms with van der Waals surface area (Å²) in [5.41, 5.74) is 3.63. The minimum Gasteiger partial charge on any atom is -0.497 e. The van der Waals surface area contributed by atoms with Gasteiger partial charge in [0.25, 0.3) is 0 Å². The molecule has 0 bridgehead atoms. The van der Waals surface area contributed by atoms with Gasteiger partial charge in [-0.3, -0.25) is 9.63 Å². The van der Waals surface area contributed by atoms with Crippen molar-refractivity contribution in [3.63, 3.8) is 0 Å². The molecule has 0 aliphatic heterocycles. The third-order valence-electron chi connectivity index (χ3n) is 2.59. The van der Waals surface area contributed by atoms with E-state index in [4.69, 9.17) is 9.57 Å². The van der Waals surface area contributed by atoms with Crippen LogP contribution in [0, 0.1) is 0 Å². The van der Waals surface area contributed by atoms with Gasteiger partial charge in [-0.25, -0.2) is 5.48 Å². The van der Waals surface area contributed by atoms with E-state index in [1.165, 1.54) is 12.5 Å². The molecule has 0 unspecified atom stereocenters. The van der Waals surface area contributed by atoms with E-state index in [2.05, 4.69) is 17.6 Å². The molecular weight excluding hydrogens is 230 g/mol. The van der Waals surface area contributed by atoms with Crippen molar-refractivity contribution in [2.45, 2.75) is 32.6 Å². The van der Waals surface area contributed by atoms with Crippen molar-refractivity contribution >= 4 is 5.91 Å². The van der Waals surface area contributed by atoms with E-state index >= 15 is 0 Å². The molecule has 0 aliphatic rings. The van der Waals surface area contributed by atoms with Gasteiger partial charge in [0.2, 0.25) is 5.91 Å². The van der Waals surface area contributed by atoms with Crippen molar-refractivity contribution in [1.29, 1.82) is 0 Å². The standard InChI is InChI=1S/C14H21NO3/c1-12(16)15-18-11-5-3-4-6-13-7-9-14(17-2)10-8-13/h7-10H,3-6,11H2,1-2H3,(H,15,16). The summed E-state index contributed by atoms with van der Waals surface area (Å²) in [6.07, 6.45) is 4.22. The largest absolute Gasteiger partial charge is 0.497 e. The predicted octanol–water partition coefficient (Wildman–Crippen LogP) is 2.48. The number of aryl methyl sites for hydroxylation is 1. The fourth-order valence-corrected chi connectivity index (χ4v) is 1.62. The summed E-state index contributed by atoms with van der Waals surface area (Å²) < 4.78 is 5.11. The molecule has 18 heavy (non-hydrogen) atoms. The van der Waals surface area contributed by atoms with Crippen LogP contribution in [0.3, 0.4) is 0 Å². The van der Waals surface area contributed by atoms with Gasteiger partial charge < -0.3 is 4.74 Å². The van der Waals surface area contributed by atoms with Gasteiger partial charge in [-0.1, -0.05) is 18.6 Å². The highest BCUT2D eigenvalue weighted by atomic mass is 16.6. The molecule has 1 aromatic carbocycles. The highest BCUT2D eigenvalue weighted by Gasteiger charge is 1.96. The number of hydrogen-bond donors (Lipinski definition) is 1. The van der Waals surface area contributed by atoms with Gasteiger partial charge in [0.05, 0.1) is 13.7 Å². The molecule has 0 spiro atoms. The molecule has 4 nitrogen and oxygen atoms in total. The van der Waals surface area contributed by atoms with Crippen LogP contribution in [-0.2, 0) is 16.1 Å². The van der Waals surface area contributed by atoms with Crippen molar-refractivity contribution < 1.29 is 14.4 Å². The summed E-state index contributed by atoms with van der Waals surface area (Å²) in [7, 11) is 1.67. The second kappa shape index (κ2) is 8.53. The van der Waals surface area contributed by atoms with Crippen LogP contribution in [0.1, 0.15) is 31.7 Å². The minimum atomic E-state index is -0.159. The fourth-order valence-electron chi connectivity index (χ4n) is 1.62. The molecule has 0 saturated heterocycles. The molecule has 0 fully saturated rings. The number of methoxy groups -OCH3 is 1. The summed E-state index contributed by atoms with van der Waals surface area (Å²) in [5.74, 6) is 0.732. The maximum absolute atomic E-state index is 10.5. The average Bonchev–Trinajstić information content (AvgIpc) is 2.38. The lowest BCUT2D eigenvalue weighted by Crippen LogP contribution is -2.20. The smallest absolute Gasteiger partial charge is 0.240 e. The number of hydrogen-bond acceptors (Lipinski definition) is 3. The number of benzene rings is 1. The number of ether oxygens (including phenoxy) is 1. The van der Waals surface area contributed by atoms with E-state index in [0.29, 0.717) is 6.61 Å². The lowest BCUT2D eigenvalue weighted by atomic mass is 10.1. The number of nitrogens with one attached hydrogen (secondary N) is 1. The molecular formula is C14H21NO3. The monoisotopic (exact) mass is 251 g/mol. The van der Waals surface area contributed by atoms with Crippen LogP contribution >= 0.6 is 0 Å². The quantitative estimate of drug-likeness (QED) is 0.570. The van der Waals surface area contributed by atoms with Gasteiger partial charge in [0.1, 0.15) is 5.75 Å². The van der Waals surface area contributed by atoms with E-state index in [-0.39, 0.29) is 5.91 Å². The van der Waals surface area contributed by atoms with Crippen molar-refractivity contribution in [3.05, 3.63) is 29.8 Å². The maximum atomic E-state index is 10.5. The number of carbonyl (C=O) groups is 1. The second-order valence-electron chi connectivity index (χ2n) is 4.17. The van der Waals surface area contributed by atoms with Crippen molar-refractivity contribution in [2.75, 3.05) is 13.7 Å². The zero-order valence-electron chi connectivity index (χ0n) is 11.1. The Hall–Kier alpha value is -1.55. The third kappa shape index (κ3) is 6.25. The summed E-state index contributed by atoms with van der Waals surface area (Å²) in [5, 5.41) is 0. The van der Waals surface area contributed by atoms with E-state index in [0.717, 1.165) is 31.4 Å². The highest BCUT2D eigenvalue weighted by Crippen LogP contribution is 2.13. The Labute approximate surface area is 108 Å². The van der Waals surface area contributed by atoms with Crippen LogP contribution in [0.15, 0.2) is 24.3 Å². The molecule has 0 aromatic heterocycles. The first-order valence-corrected chi connectivity index (χ1v) is 6.23. The Morgan fingerprint density at radius 1 is 1.17 bits per heavy atom. The first-order chi connectivity index (χ1) is 8.72. The summed E-state index contributed by atoms with van der Waals surface area (Å²) >= 11 is 0. The topological polar surface area (TPSA) is 47.6 Å². The summed E-state index contributed by atoms with van der Waals surface area (Å²) in [6, 6.07) is 8.14. The average molecular weight is 251 g/mol. The van der Waals surface area contributed by atoms with Crippen LogP contribution in [0.4, 0.5) is 0 Å². The number of rotatable bonds is 8. The van der Waals surface area contributed by atoms with Gasteiger partial charge in [-0.05, 0) is 37.0 Å². The minimum absolute atomic E-state index is 0.159. The van der Waals surface area contributed by atoms with Crippen LogP contribution < -0.4 is 10.2 Å². The molecule has 0 saturated carbocycles. The Morgan fingerprint density at radius 3 is 2.50 bits per heavy atom. The molecule has 1 N–H and O–H groups in total. The molecule has 1 amide bonds.